The van der Waals surface area contributed by atoms with Gasteiger partial charge in [0.25, 0.3) is 0 Å². The summed E-state index contributed by atoms with van der Waals surface area (Å²) in [4.78, 5) is 18.7. The molecule has 0 unspecified atom stereocenters. The van der Waals surface area contributed by atoms with E-state index in [-0.39, 0.29) is 37.0 Å². The number of hydrogen-bond donors (Lipinski definition) is 2. The Bertz CT molecular complexity index is 489. The van der Waals surface area contributed by atoms with E-state index >= 15 is 0 Å². The molecule has 1 rings (SSSR count). The molecule has 5 nitrogen and oxygen atoms in total. The first-order chi connectivity index (χ1) is 14.2. The molecule has 3 N–H and O–H groups in total. The zero-order valence-electron chi connectivity index (χ0n) is 20.8. The fourth-order valence-corrected chi connectivity index (χ4v) is 3.65. The van der Waals surface area contributed by atoms with Crippen molar-refractivity contribution in [3.05, 3.63) is 18.2 Å². The minimum atomic E-state index is -0.614. The summed E-state index contributed by atoms with van der Waals surface area (Å²) in [6.07, 6.45) is 25.1. The number of imidazole rings is 1. The predicted molar refractivity (Wildman–Crippen MR) is 122 cm³/mol. The molecule has 0 amide bonds. The first kappa shape index (κ1) is 29.6. The van der Waals surface area contributed by atoms with Crippen molar-refractivity contribution in [1.82, 2.24) is 9.97 Å². The maximum atomic E-state index is 11.8. The molecule has 0 aliphatic heterocycles. The van der Waals surface area contributed by atoms with E-state index in [2.05, 4.69) is 16.9 Å². The number of esters is 1. The Morgan fingerprint density at radius 1 is 0.933 bits per heavy atom. The number of carbonyl (C=O) groups excluding carboxylic acids is 1. The Hall–Kier alpha value is -0.360. The van der Waals surface area contributed by atoms with Gasteiger partial charge >= 0.3 is 35.5 Å². The van der Waals surface area contributed by atoms with Crippen molar-refractivity contribution in [3.8, 4) is 0 Å². The molecule has 0 saturated heterocycles. The first-order valence-corrected chi connectivity index (χ1v) is 12.1. The van der Waals surface area contributed by atoms with Crippen LogP contribution in [0.4, 0.5) is 0 Å². The van der Waals surface area contributed by atoms with Crippen molar-refractivity contribution in [2.75, 3.05) is 6.61 Å². The van der Waals surface area contributed by atoms with Gasteiger partial charge in [0.1, 0.15) is 6.04 Å². The molecular weight excluding hydrogens is 385 g/mol. The van der Waals surface area contributed by atoms with Gasteiger partial charge in [0, 0.05) is 18.3 Å². The summed E-state index contributed by atoms with van der Waals surface area (Å²) >= 11 is 0. The smallest absolute Gasteiger partial charge is 1.00 e. The van der Waals surface area contributed by atoms with E-state index in [1.54, 1.807) is 12.5 Å². The maximum absolute atomic E-state index is 11.8. The van der Waals surface area contributed by atoms with E-state index in [4.69, 9.17) is 10.5 Å². The number of hydrogen-bond acceptors (Lipinski definition) is 4. The average molecular weight is 432 g/mol. The number of nitrogens with one attached hydrogen (secondary N) is 1. The molecule has 170 valence electrons. The Kier molecular flexibility index (Phi) is 21.6. The summed E-state index contributed by atoms with van der Waals surface area (Å²) < 4.78 is 5.27. The Labute approximate surface area is 208 Å². The number of ether oxygens (including phenoxy) is 1. The third-order valence-electron chi connectivity index (χ3n) is 5.54. The van der Waals surface area contributed by atoms with Crippen LogP contribution in [0.25, 0.3) is 0 Å². The third-order valence-corrected chi connectivity index (χ3v) is 5.54. The standard InChI is InChI=1S/C24H45N3O2.Na.H/c1-2-3-4-5-6-7-8-9-10-11-12-13-14-15-16-17-18-29-24(28)23(25)19-22-20-26-21-27-22;;/h20-21,23H,2-19,25H2,1H3,(H,26,27);;/q;+1;-1/t23-;;/m0../s1. The molecule has 0 aromatic carbocycles. The van der Waals surface area contributed by atoms with Crippen LogP contribution in [0.3, 0.4) is 0 Å². The molecule has 0 saturated carbocycles. The third kappa shape index (κ3) is 17.3. The largest absolute Gasteiger partial charge is 1.00 e. The number of nitrogens with zero attached hydrogens (tertiary/aromatic N) is 1. The number of nitrogens with two attached hydrogens (primary N) is 1. The average Bonchev–Trinajstić information content (AvgIpc) is 3.23. The molecule has 0 aliphatic carbocycles. The second-order valence-corrected chi connectivity index (χ2v) is 8.36. The van der Waals surface area contributed by atoms with E-state index < -0.39 is 6.04 Å². The monoisotopic (exact) mass is 431 g/mol. The van der Waals surface area contributed by atoms with Crippen LogP contribution < -0.4 is 35.3 Å². The van der Waals surface area contributed by atoms with Gasteiger partial charge in [-0.15, -0.1) is 0 Å². The van der Waals surface area contributed by atoms with Crippen molar-refractivity contribution in [1.29, 1.82) is 0 Å². The van der Waals surface area contributed by atoms with Gasteiger partial charge in [0.15, 0.2) is 0 Å². The van der Waals surface area contributed by atoms with E-state index in [9.17, 15) is 4.79 Å². The van der Waals surface area contributed by atoms with E-state index in [0.29, 0.717) is 13.0 Å². The molecule has 0 radical (unpaired) electrons. The predicted octanol–water partition coefficient (Wildman–Crippen LogP) is 3.20. The van der Waals surface area contributed by atoms with Gasteiger partial charge in [-0.05, 0) is 6.42 Å². The van der Waals surface area contributed by atoms with Crippen molar-refractivity contribution < 1.29 is 40.5 Å². The van der Waals surface area contributed by atoms with Gasteiger partial charge in [-0.1, -0.05) is 103 Å². The molecule has 1 aromatic rings. The minimum Gasteiger partial charge on any atom is -1.00 e. The minimum absolute atomic E-state index is 0. The Morgan fingerprint density at radius 2 is 1.40 bits per heavy atom. The van der Waals surface area contributed by atoms with Gasteiger partial charge in [0.05, 0.1) is 12.9 Å². The SMILES string of the molecule is CCCCCCCCCCCCCCCCCCOC(=O)[C@@H](N)Cc1cnc[nH]1.[H-].[Na+]. The summed E-state index contributed by atoms with van der Waals surface area (Å²) in [7, 11) is 0. The molecule has 0 aliphatic rings. The van der Waals surface area contributed by atoms with Gasteiger partial charge in [-0.25, -0.2) is 4.98 Å². The molecule has 0 spiro atoms. The first-order valence-electron chi connectivity index (χ1n) is 12.1. The summed E-state index contributed by atoms with van der Waals surface area (Å²) in [5.41, 5.74) is 6.72. The van der Waals surface area contributed by atoms with Crippen LogP contribution >= 0.6 is 0 Å². The summed E-state index contributed by atoms with van der Waals surface area (Å²) in [6, 6.07) is -0.614. The van der Waals surface area contributed by atoms with Crippen LogP contribution in [0.5, 0.6) is 0 Å². The van der Waals surface area contributed by atoms with Crippen LogP contribution in [-0.2, 0) is 16.0 Å². The van der Waals surface area contributed by atoms with Gasteiger partial charge in [-0.2, -0.15) is 0 Å². The van der Waals surface area contributed by atoms with Gasteiger partial charge in [0.2, 0.25) is 0 Å². The summed E-state index contributed by atoms with van der Waals surface area (Å²) in [6.45, 7) is 2.76. The summed E-state index contributed by atoms with van der Waals surface area (Å²) in [5.74, 6) is -0.319. The van der Waals surface area contributed by atoms with Crippen LogP contribution in [0, 0.1) is 0 Å². The molecule has 0 fully saturated rings. The number of unbranched alkanes of at least 4 members (excludes halogenated alkanes) is 15. The molecule has 1 heterocycles. The number of H-pyrrole nitrogens is 1. The van der Waals surface area contributed by atoms with Crippen LogP contribution in [0.15, 0.2) is 12.5 Å². The number of carbonyl (C=O) groups is 1. The van der Waals surface area contributed by atoms with E-state index in [0.717, 1.165) is 18.5 Å². The normalized spacial score (nSPS) is 11.8. The van der Waals surface area contributed by atoms with E-state index in [1.165, 1.54) is 89.9 Å². The fraction of sp³-hybridized carbons (Fsp3) is 0.833. The summed E-state index contributed by atoms with van der Waals surface area (Å²) in [5, 5.41) is 0. The van der Waals surface area contributed by atoms with Gasteiger partial charge < -0.3 is 16.9 Å². The molecule has 0 bridgehead atoms. The Morgan fingerprint density at radius 3 is 1.83 bits per heavy atom. The van der Waals surface area contributed by atoms with E-state index in [1.807, 2.05) is 0 Å². The number of aromatic nitrogens is 2. The second-order valence-electron chi connectivity index (χ2n) is 8.36. The van der Waals surface area contributed by atoms with Crippen LogP contribution in [0.2, 0.25) is 0 Å². The number of aromatic amines is 1. The Balaban J connectivity index is 0. The quantitative estimate of drug-likeness (QED) is 0.189. The molecule has 30 heavy (non-hydrogen) atoms. The van der Waals surface area contributed by atoms with Gasteiger partial charge in [-0.3, -0.25) is 4.79 Å². The second kappa shape index (κ2) is 21.9. The van der Waals surface area contributed by atoms with Crippen LogP contribution in [-0.4, -0.2) is 28.6 Å². The molecule has 1 aromatic heterocycles. The van der Waals surface area contributed by atoms with Crippen molar-refractivity contribution in [2.24, 2.45) is 5.73 Å². The fourth-order valence-electron chi connectivity index (χ4n) is 3.65. The van der Waals surface area contributed by atoms with Crippen molar-refractivity contribution >= 4 is 5.97 Å². The molecular formula is C24H46N3NaO2. The topological polar surface area (TPSA) is 81.0 Å². The maximum Gasteiger partial charge on any atom is 1.00 e. The zero-order chi connectivity index (χ0) is 21.0. The number of rotatable bonds is 20. The van der Waals surface area contributed by atoms with Crippen LogP contribution in [0.1, 0.15) is 117 Å². The molecule has 6 heteroatoms. The van der Waals surface area contributed by atoms with Crippen molar-refractivity contribution in [3.63, 3.8) is 0 Å². The van der Waals surface area contributed by atoms with Crippen molar-refractivity contribution in [2.45, 2.75) is 122 Å². The zero-order valence-corrected chi connectivity index (χ0v) is 21.8. The molecule has 1 atom stereocenters.